The van der Waals surface area contributed by atoms with E-state index in [1.54, 1.807) is 0 Å². The van der Waals surface area contributed by atoms with Gasteiger partial charge >= 0.3 is 0 Å². The van der Waals surface area contributed by atoms with Crippen LogP contribution in [0.15, 0.2) is 30.5 Å². The highest BCUT2D eigenvalue weighted by Gasteiger charge is 2.24. The summed E-state index contributed by atoms with van der Waals surface area (Å²) >= 11 is 0. The number of nitrogens with one attached hydrogen (secondary N) is 1. The predicted molar refractivity (Wildman–Crippen MR) is 104 cm³/mol. The Hall–Kier alpha value is -0.740. The molecule has 1 aromatic heterocycles. The van der Waals surface area contributed by atoms with E-state index in [0.717, 1.165) is 26.2 Å². The fourth-order valence-electron chi connectivity index (χ4n) is 3.56. The number of fused-ring (bicyclic) bond motifs is 1. The van der Waals surface area contributed by atoms with Crippen molar-refractivity contribution in [3.63, 3.8) is 0 Å². The first-order valence-electron chi connectivity index (χ1n) is 8.30. The Balaban J connectivity index is 0.00000132. The van der Waals surface area contributed by atoms with Crippen molar-refractivity contribution in [3.05, 3.63) is 36.0 Å². The van der Waals surface area contributed by atoms with Crippen LogP contribution >= 0.6 is 24.8 Å². The highest BCUT2D eigenvalue weighted by Crippen LogP contribution is 2.33. The molecule has 2 aromatic rings. The topological polar surface area (TPSA) is 20.2 Å². The van der Waals surface area contributed by atoms with Crippen molar-refractivity contribution in [1.29, 1.82) is 0 Å². The Morgan fingerprint density at radius 2 is 1.83 bits per heavy atom. The molecule has 1 aromatic carbocycles. The summed E-state index contributed by atoms with van der Waals surface area (Å²) in [5, 5.41) is 4.90. The van der Waals surface area contributed by atoms with Gasteiger partial charge in [0.05, 0.1) is 0 Å². The Bertz CT molecular complexity index is 591. The van der Waals surface area contributed by atoms with Crippen LogP contribution in [0, 0.1) is 0 Å². The van der Waals surface area contributed by atoms with Crippen LogP contribution in [0.4, 0.5) is 0 Å². The second-order valence-corrected chi connectivity index (χ2v) is 6.16. The van der Waals surface area contributed by atoms with Crippen molar-refractivity contribution in [2.45, 2.75) is 32.2 Å². The maximum Gasteiger partial charge on any atom is 0.0481 e. The molecule has 3 rings (SSSR count). The van der Waals surface area contributed by atoms with Crippen LogP contribution in [-0.4, -0.2) is 35.6 Å². The van der Waals surface area contributed by atoms with Crippen LogP contribution in [0.1, 0.15) is 37.8 Å². The Labute approximate surface area is 152 Å². The van der Waals surface area contributed by atoms with E-state index in [2.05, 4.69) is 59.2 Å². The third-order valence-electron chi connectivity index (χ3n) is 4.71. The molecule has 0 bridgehead atoms. The van der Waals surface area contributed by atoms with E-state index < -0.39 is 0 Å². The second kappa shape index (κ2) is 9.53. The minimum atomic E-state index is 0. The van der Waals surface area contributed by atoms with Gasteiger partial charge in [-0.05, 0) is 18.1 Å². The summed E-state index contributed by atoms with van der Waals surface area (Å²) < 4.78 is 2.28. The van der Waals surface area contributed by atoms with Crippen LogP contribution in [-0.2, 0) is 7.05 Å². The molecule has 0 unspecified atom stereocenters. The standard InChI is InChI=1S/C18H27N3.2ClH/c1-3-4-8-18(21-12-10-19-11-13-21)16-14-20(2)17-9-6-5-7-15(16)17;;/h5-7,9,14,18-19H,3-4,8,10-13H2,1-2H3;2*1H/t18-;;/m1../s1. The summed E-state index contributed by atoms with van der Waals surface area (Å²) in [7, 11) is 2.17. The molecule has 0 amide bonds. The zero-order valence-electron chi connectivity index (χ0n) is 14.1. The van der Waals surface area contributed by atoms with Crippen molar-refractivity contribution in [1.82, 2.24) is 14.8 Å². The van der Waals surface area contributed by atoms with Gasteiger partial charge in [0.15, 0.2) is 0 Å². The first-order valence-corrected chi connectivity index (χ1v) is 8.30. The first kappa shape index (κ1) is 20.3. The van der Waals surface area contributed by atoms with Crippen molar-refractivity contribution >= 4 is 35.7 Å². The van der Waals surface area contributed by atoms with Crippen molar-refractivity contribution in [3.8, 4) is 0 Å². The van der Waals surface area contributed by atoms with Crippen molar-refractivity contribution < 1.29 is 0 Å². The van der Waals surface area contributed by atoms with Gasteiger partial charge in [0.2, 0.25) is 0 Å². The van der Waals surface area contributed by atoms with E-state index in [-0.39, 0.29) is 24.8 Å². The lowest BCUT2D eigenvalue weighted by atomic mass is 9.98. The van der Waals surface area contributed by atoms with E-state index in [1.165, 1.54) is 35.7 Å². The number of para-hydroxylation sites is 1. The highest BCUT2D eigenvalue weighted by molar-refractivity contribution is 5.86. The van der Waals surface area contributed by atoms with Crippen LogP contribution in [0.25, 0.3) is 10.9 Å². The molecule has 23 heavy (non-hydrogen) atoms. The molecule has 5 heteroatoms. The Morgan fingerprint density at radius 1 is 1.13 bits per heavy atom. The van der Waals surface area contributed by atoms with Crippen LogP contribution in [0.5, 0.6) is 0 Å². The molecule has 130 valence electrons. The molecular weight excluding hydrogens is 329 g/mol. The molecule has 0 aliphatic carbocycles. The summed E-state index contributed by atoms with van der Waals surface area (Å²) in [5.41, 5.74) is 2.87. The number of nitrogens with zero attached hydrogens (tertiary/aromatic N) is 2. The molecular formula is C18H29Cl2N3. The average Bonchev–Trinajstić information content (AvgIpc) is 2.87. The third-order valence-corrected chi connectivity index (χ3v) is 4.71. The van der Waals surface area contributed by atoms with Gasteiger partial charge in [0.1, 0.15) is 0 Å². The van der Waals surface area contributed by atoms with Gasteiger partial charge in [0.25, 0.3) is 0 Å². The number of hydrogen-bond acceptors (Lipinski definition) is 2. The average molecular weight is 358 g/mol. The monoisotopic (exact) mass is 357 g/mol. The zero-order chi connectivity index (χ0) is 14.7. The number of piperazine rings is 1. The molecule has 3 nitrogen and oxygen atoms in total. The number of halogens is 2. The van der Waals surface area contributed by atoms with Crippen molar-refractivity contribution in [2.24, 2.45) is 7.05 Å². The summed E-state index contributed by atoms with van der Waals surface area (Å²) in [4.78, 5) is 2.67. The molecule has 1 aliphatic rings. The lowest BCUT2D eigenvalue weighted by Crippen LogP contribution is -2.45. The number of hydrogen-bond donors (Lipinski definition) is 1. The fraction of sp³-hybridized carbons (Fsp3) is 0.556. The zero-order valence-corrected chi connectivity index (χ0v) is 15.8. The first-order chi connectivity index (χ1) is 10.3. The van der Waals surface area contributed by atoms with Crippen LogP contribution < -0.4 is 5.32 Å². The van der Waals surface area contributed by atoms with E-state index >= 15 is 0 Å². The molecule has 1 N–H and O–H groups in total. The Morgan fingerprint density at radius 3 is 2.52 bits per heavy atom. The molecule has 1 fully saturated rings. The van der Waals surface area contributed by atoms with Crippen LogP contribution in [0.3, 0.4) is 0 Å². The maximum absolute atomic E-state index is 3.47. The van der Waals surface area contributed by atoms with Gasteiger partial charge < -0.3 is 9.88 Å². The van der Waals surface area contributed by atoms with Gasteiger partial charge in [-0.1, -0.05) is 38.0 Å². The predicted octanol–water partition coefficient (Wildman–Crippen LogP) is 4.16. The normalized spacial score (nSPS) is 16.6. The molecule has 1 atom stereocenters. The number of aromatic nitrogens is 1. The minimum Gasteiger partial charge on any atom is -0.350 e. The summed E-state index contributed by atoms with van der Waals surface area (Å²) in [6, 6.07) is 9.38. The van der Waals surface area contributed by atoms with E-state index in [4.69, 9.17) is 0 Å². The van der Waals surface area contributed by atoms with Crippen molar-refractivity contribution in [2.75, 3.05) is 26.2 Å². The number of aryl methyl sites for hydroxylation is 1. The number of unbranched alkanes of at least 4 members (excludes halogenated alkanes) is 1. The van der Waals surface area contributed by atoms with Gasteiger partial charge in [-0.25, -0.2) is 0 Å². The van der Waals surface area contributed by atoms with Gasteiger partial charge in [0, 0.05) is 56.4 Å². The van der Waals surface area contributed by atoms with E-state index in [1.807, 2.05) is 0 Å². The number of benzene rings is 1. The number of rotatable bonds is 5. The smallest absolute Gasteiger partial charge is 0.0481 e. The fourth-order valence-corrected chi connectivity index (χ4v) is 3.56. The molecule has 1 aliphatic heterocycles. The van der Waals surface area contributed by atoms with Gasteiger partial charge in [-0.2, -0.15) is 0 Å². The largest absolute Gasteiger partial charge is 0.350 e. The summed E-state index contributed by atoms with van der Waals surface area (Å²) in [6.45, 7) is 6.86. The molecule has 0 saturated carbocycles. The lowest BCUT2D eigenvalue weighted by molar-refractivity contribution is 0.164. The van der Waals surface area contributed by atoms with E-state index in [9.17, 15) is 0 Å². The molecule has 2 heterocycles. The summed E-state index contributed by atoms with van der Waals surface area (Å²) in [6.07, 6.45) is 6.20. The van der Waals surface area contributed by atoms with Gasteiger partial charge in [-0.15, -0.1) is 24.8 Å². The quantitative estimate of drug-likeness (QED) is 0.866. The second-order valence-electron chi connectivity index (χ2n) is 6.16. The Kier molecular flexibility index (Phi) is 8.41. The van der Waals surface area contributed by atoms with E-state index in [0.29, 0.717) is 6.04 Å². The molecule has 1 saturated heterocycles. The minimum absolute atomic E-state index is 0. The third kappa shape index (κ3) is 4.42. The SMILES string of the molecule is CCCC[C@H](c1cn(C)c2ccccc12)N1CCNCC1.Cl.Cl. The molecule has 0 spiro atoms. The van der Waals surface area contributed by atoms with Crippen LogP contribution in [0.2, 0.25) is 0 Å². The maximum atomic E-state index is 3.47. The highest BCUT2D eigenvalue weighted by atomic mass is 35.5. The molecule has 0 radical (unpaired) electrons. The van der Waals surface area contributed by atoms with Gasteiger partial charge in [-0.3, -0.25) is 4.90 Å². The summed E-state index contributed by atoms with van der Waals surface area (Å²) in [5.74, 6) is 0. The lowest BCUT2D eigenvalue weighted by Gasteiger charge is -2.35.